The molecular formula is C11H17N7O2S. The molecule has 0 amide bonds. The molecule has 0 bridgehead atoms. The summed E-state index contributed by atoms with van der Waals surface area (Å²) in [5.74, 6) is 5.24. The number of ether oxygens (including phenoxy) is 1. The quantitative estimate of drug-likeness (QED) is 0.520. The van der Waals surface area contributed by atoms with E-state index < -0.39 is 0 Å². The highest BCUT2D eigenvalue weighted by Gasteiger charge is 2.08. The monoisotopic (exact) mass is 311 g/mol. The van der Waals surface area contributed by atoms with Crippen LogP contribution in [0.1, 0.15) is 5.01 Å². The number of rotatable bonds is 7. The first kappa shape index (κ1) is 15.4. The Kier molecular flexibility index (Phi) is 5.20. The molecule has 0 atom stereocenters. The first-order chi connectivity index (χ1) is 10.1. The molecule has 0 saturated carbocycles. The molecule has 2 aromatic rings. The van der Waals surface area contributed by atoms with Crippen molar-refractivity contribution in [2.45, 2.75) is 6.54 Å². The number of likely N-dealkylation sites (N-methyl/N-ethyl adjacent to an activating group) is 1. The van der Waals surface area contributed by atoms with Gasteiger partial charge in [0.1, 0.15) is 5.01 Å². The highest BCUT2D eigenvalue weighted by atomic mass is 32.1. The first-order valence-electron chi connectivity index (χ1n) is 6.20. The molecular weight excluding hydrogens is 294 g/mol. The van der Waals surface area contributed by atoms with Gasteiger partial charge in [0.15, 0.2) is 0 Å². The molecule has 10 heteroatoms. The van der Waals surface area contributed by atoms with Gasteiger partial charge in [0, 0.05) is 26.8 Å². The number of nitrogens with zero attached hydrogens (tertiary/aromatic N) is 5. The molecule has 114 valence electrons. The van der Waals surface area contributed by atoms with E-state index in [1.165, 1.54) is 22.1 Å². The maximum absolute atomic E-state index is 12.1. The average molecular weight is 311 g/mol. The van der Waals surface area contributed by atoms with Crippen LogP contribution >= 0.6 is 11.3 Å². The minimum atomic E-state index is -0.200. The van der Waals surface area contributed by atoms with Gasteiger partial charge in [0.05, 0.1) is 25.0 Å². The van der Waals surface area contributed by atoms with E-state index in [0.717, 1.165) is 5.69 Å². The lowest BCUT2D eigenvalue weighted by molar-refractivity contribution is 0.206. The molecule has 21 heavy (non-hydrogen) atoms. The summed E-state index contributed by atoms with van der Waals surface area (Å²) in [5.41, 5.74) is 2.96. The van der Waals surface area contributed by atoms with E-state index in [1.807, 2.05) is 11.9 Å². The molecule has 0 fully saturated rings. The number of hydrogen-bond donors (Lipinski definition) is 2. The Morgan fingerprint density at radius 3 is 2.95 bits per heavy atom. The highest BCUT2D eigenvalue weighted by molar-refractivity contribution is 7.15. The number of nitrogen functional groups attached to an aromatic ring is 1. The van der Waals surface area contributed by atoms with Crippen molar-refractivity contribution in [3.8, 4) is 0 Å². The van der Waals surface area contributed by atoms with Crippen molar-refractivity contribution in [3.05, 3.63) is 27.6 Å². The Bertz CT molecular complexity index is 641. The predicted molar refractivity (Wildman–Crippen MR) is 80.5 cm³/mol. The fraction of sp³-hybridized carbons (Fsp3) is 0.455. The topological polar surface area (TPSA) is 111 Å². The zero-order chi connectivity index (χ0) is 15.2. The third kappa shape index (κ3) is 3.97. The van der Waals surface area contributed by atoms with Gasteiger partial charge in [-0.15, -0.1) is 10.2 Å². The summed E-state index contributed by atoms with van der Waals surface area (Å²) < 4.78 is 6.33. The summed E-state index contributed by atoms with van der Waals surface area (Å²) in [6.45, 7) is 1.53. The molecule has 9 nitrogen and oxygen atoms in total. The lowest BCUT2D eigenvalue weighted by atomic mass is 10.4. The largest absolute Gasteiger partial charge is 0.383 e. The second-order valence-electron chi connectivity index (χ2n) is 4.27. The van der Waals surface area contributed by atoms with Crippen LogP contribution in [-0.4, -0.2) is 47.3 Å². The first-order valence-corrected chi connectivity index (χ1v) is 7.02. The lowest BCUT2D eigenvalue weighted by Gasteiger charge is -2.18. The van der Waals surface area contributed by atoms with E-state index in [9.17, 15) is 4.79 Å². The van der Waals surface area contributed by atoms with Gasteiger partial charge in [0.2, 0.25) is 5.13 Å². The van der Waals surface area contributed by atoms with E-state index in [1.54, 1.807) is 13.3 Å². The molecule has 0 unspecified atom stereocenters. The Morgan fingerprint density at radius 2 is 2.33 bits per heavy atom. The Labute approximate surface area is 125 Å². The van der Waals surface area contributed by atoms with Crippen molar-refractivity contribution in [1.82, 2.24) is 20.0 Å². The summed E-state index contributed by atoms with van der Waals surface area (Å²) in [4.78, 5) is 14.0. The van der Waals surface area contributed by atoms with Crippen LogP contribution in [0.2, 0.25) is 0 Å². The second kappa shape index (κ2) is 7.11. The maximum atomic E-state index is 12.1. The minimum absolute atomic E-state index is 0.200. The van der Waals surface area contributed by atoms with E-state index in [4.69, 9.17) is 10.6 Å². The molecule has 0 aliphatic heterocycles. The normalized spacial score (nSPS) is 10.6. The van der Waals surface area contributed by atoms with Gasteiger partial charge in [-0.2, -0.15) is 5.10 Å². The summed E-state index contributed by atoms with van der Waals surface area (Å²) >= 11 is 1.27. The van der Waals surface area contributed by atoms with Crippen LogP contribution in [0.3, 0.4) is 0 Å². The van der Waals surface area contributed by atoms with Crippen molar-refractivity contribution < 1.29 is 4.74 Å². The van der Waals surface area contributed by atoms with Gasteiger partial charge < -0.3 is 9.64 Å². The zero-order valence-electron chi connectivity index (χ0n) is 11.8. The van der Waals surface area contributed by atoms with Crippen LogP contribution in [0.25, 0.3) is 0 Å². The van der Waals surface area contributed by atoms with Crippen molar-refractivity contribution in [2.24, 2.45) is 5.84 Å². The molecule has 0 radical (unpaired) electrons. The molecule has 0 spiro atoms. The van der Waals surface area contributed by atoms with Gasteiger partial charge in [0.25, 0.3) is 5.56 Å². The Balaban J connectivity index is 2.10. The SMILES string of the molecule is COCCN(C)c1cnn(Cc2nnc(NN)s2)c(=O)c1. The maximum Gasteiger partial charge on any atom is 0.269 e. The molecule has 2 aromatic heterocycles. The third-order valence-corrected chi connectivity index (χ3v) is 3.64. The van der Waals surface area contributed by atoms with Crippen molar-refractivity contribution in [3.63, 3.8) is 0 Å². The smallest absolute Gasteiger partial charge is 0.269 e. The van der Waals surface area contributed by atoms with E-state index in [2.05, 4.69) is 20.7 Å². The van der Waals surface area contributed by atoms with Gasteiger partial charge in [-0.05, 0) is 0 Å². The molecule has 0 aromatic carbocycles. The van der Waals surface area contributed by atoms with Crippen molar-refractivity contribution >= 4 is 22.2 Å². The summed E-state index contributed by atoms with van der Waals surface area (Å²) in [6.07, 6.45) is 1.64. The molecule has 2 heterocycles. The molecule has 0 aliphatic rings. The second-order valence-corrected chi connectivity index (χ2v) is 5.33. The fourth-order valence-electron chi connectivity index (χ4n) is 1.61. The number of hydrazine groups is 1. The van der Waals surface area contributed by atoms with Crippen LogP contribution in [0, 0.1) is 0 Å². The van der Waals surface area contributed by atoms with Crippen molar-refractivity contribution in [1.29, 1.82) is 0 Å². The van der Waals surface area contributed by atoms with E-state index in [0.29, 0.717) is 23.3 Å². The highest BCUT2D eigenvalue weighted by Crippen LogP contribution is 2.14. The number of hydrogen-bond acceptors (Lipinski definition) is 9. The lowest BCUT2D eigenvalue weighted by Crippen LogP contribution is -2.27. The number of methoxy groups -OCH3 is 1. The predicted octanol–water partition coefficient (Wildman–Crippen LogP) is -0.489. The average Bonchev–Trinajstić information content (AvgIpc) is 2.94. The number of nitrogens with two attached hydrogens (primary N) is 1. The van der Waals surface area contributed by atoms with Crippen LogP contribution in [0.5, 0.6) is 0 Å². The molecule has 3 N–H and O–H groups in total. The number of aromatic nitrogens is 4. The van der Waals surface area contributed by atoms with E-state index >= 15 is 0 Å². The number of anilines is 2. The molecule has 0 aliphatic carbocycles. The van der Waals surface area contributed by atoms with Crippen LogP contribution in [0.15, 0.2) is 17.1 Å². The summed E-state index contributed by atoms with van der Waals surface area (Å²) in [6, 6.07) is 1.53. The van der Waals surface area contributed by atoms with Crippen LogP contribution in [-0.2, 0) is 11.3 Å². The van der Waals surface area contributed by atoms with Crippen molar-refractivity contribution in [2.75, 3.05) is 37.6 Å². The Hall–Kier alpha value is -2.04. The zero-order valence-corrected chi connectivity index (χ0v) is 12.6. The summed E-state index contributed by atoms with van der Waals surface area (Å²) in [5, 5.41) is 13.0. The van der Waals surface area contributed by atoms with Gasteiger partial charge >= 0.3 is 0 Å². The Morgan fingerprint density at radius 1 is 1.52 bits per heavy atom. The third-order valence-electron chi connectivity index (χ3n) is 2.80. The summed E-state index contributed by atoms with van der Waals surface area (Å²) in [7, 11) is 3.51. The molecule has 0 saturated heterocycles. The van der Waals surface area contributed by atoms with Crippen LogP contribution < -0.4 is 21.7 Å². The van der Waals surface area contributed by atoms with Gasteiger partial charge in [-0.3, -0.25) is 10.2 Å². The van der Waals surface area contributed by atoms with Gasteiger partial charge in [-0.1, -0.05) is 11.3 Å². The minimum Gasteiger partial charge on any atom is -0.383 e. The number of nitrogens with one attached hydrogen (secondary N) is 1. The standard InChI is InChI=1S/C11H17N7O2S/c1-17(3-4-20-2)8-5-10(19)18(13-6-8)7-9-15-16-11(14-12)21-9/h5-6H,3-4,7,12H2,1-2H3,(H,14,16). The van der Waals surface area contributed by atoms with Gasteiger partial charge in [-0.25, -0.2) is 10.5 Å². The van der Waals surface area contributed by atoms with E-state index in [-0.39, 0.29) is 12.1 Å². The molecule has 2 rings (SSSR count). The van der Waals surface area contributed by atoms with Crippen LogP contribution in [0.4, 0.5) is 10.8 Å². The fourth-order valence-corrected chi connectivity index (χ4v) is 2.25.